The number of nitro groups is 1. The fourth-order valence-corrected chi connectivity index (χ4v) is 3.40. The number of nitrogens with zero attached hydrogens (tertiary/aromatic N) is 3. The maximum absolute atomic E-state index is 12.2. The van der Waals surface area contributed by atoms with Crippen molar-refractivity contribution in [1.82, 2.24) is 5.32 Å². The Kier molecular flexibility index (Phi) is 7.06. The van der Waals surface area contributed by atoms with E-state index in [1.807, 2.05) is 36.4 Å². The van der Waals surface area contributed by atoms with Crippen molar-refractivity contribution in [2.45, 2.75) is 11.7 Å². The van der Waals surface area contributed by atoms with Crippen LogP contribution in [-0.4, -0.2) is 33.4 Å². The maximum atomic E-state index is 12.2. The van der Waals surface area contributed by atoms with Crippen molar-refractivity contribution in [3.63, 3.8) is 0 Å². The van der Waals surface area contributed by atoms with Crippen LogP contribution in [0, 0.1) is 10.1 Å². The molecule has 1 saturated heterocycles. The van der Waals surface area contributed by atoms with Crippen LogP contribution in [0.3, 0.4) is 0 Å². The summed E-state index contributed by atoms with van der Waals surface area (Å²) in [6.07, 6.45) is 5.04. The fraction of sp³-hybridized carbons (Fsp3) is 0.100. The van der Waals surface area contributed by atoms with E-state index in [2.05, 4.69) is 20.8 Å². The Bertz CT molecular complexity index is 1020. The average molecular weight is 423 g/mol. The highest BCUT2D eigenvalue weighted by atomic mass is 32.2. The van der Waals surface area contributed by atoms with Gasteiger partial charge in [0, 0.05) is 30.5 Å². The predicted molar refractivity (Wildman–Crippen MR) is 117 cm³/mol. The molecule has 0 spiro atoms. The Balaban J connectivity index is 1.49. The van der Waals surface area contributed by atoms with E-state index < -0.39 is 10.2 Å². The molecule has 3 rings (SSSR count). The number of carbonyl (C=O) groups excluding carboxylic acids is 2. The molecule has 1 aliphatic heterocycles. The van der Waals surface area contributed by atoms with Crippen LogP contribution in [0.25, 0.3) is 6.08 Å². The lowest BCUT2D eigenvalue weighted by molar-refractivity contribution is -0.384. The number of benzene rings is 2. The van der Waals surface area contributed by atoms with Crippen LogP contribution in [-0.2, 0) is 9.59 Å². The van der Waals surface area contributed by atoms with Crippen molar-refractivity contribution in [2.75, 3.05) is 5.32 Å². The number of amides is 2. The highest BCUT2D eigenvalue weighted by Gasteiger charge is 2.32. The molecule has 2 aromatic carbocycles. The van der Waals surface area contributed by atoms with E-state index in [9.17, 15) is 19.7 Å². The van der Waals surface area contributed by atoms with Crippen LogP contribution in [0.2, 0.25) is 0 Å². The van der Waals surface area contributed by atoms with Crippen LogP contribution in [0.4, 0.5) is 11.4 Å². The summed E-state index contributed by atoms with van der Waals surface area (Å²) in [6.45, 7) is 0. The number of anilines is 1. The van der Waals surface area contributed by atoms with Crippen molar-refractivity contribution in [1.29, 1.82) is 0 Å². The Labute approximate surface area is 176 Å². The molecule has 2 amide bonds. The first kappa shape index (κ1) is 20.9. The summed E-state index contributed by atoms with van der Waals surface area (Å²) < 4.78 is 0. The van der Waals surface area contributed by atoms with Gasteiger partial charge in [0.1, 0.15) is 5.25 Å². The van der Waals surface area contributed by atoms with Crippen molar-refractivity contribution in [3.05, 3.63) is 76.4 Å². The Morgan fingerprint density at radius 1 is 1.20 bits per heavy atom. The van der Waals surface area contributed by atoms with Gasteiger partial charge in [0.25, 0.3) is 5.69 Å². The van der Waals surface area contributed by atoms with E-state index in [1.54, 1.807) is 6.08 Å². The number of hydrogen-bond donors (Lipinski definition) is 2. The van der Waals surface area contributed by atoms with Crippen molar-refractivity contribution in [3.8, 4) is 0 Å². The van der Waals surface area contributed by atoms with Gasteiger partial charge in [-0.25, -0.2) is 0 Å². The van der Waals surface area contributed by atoms with Crippen LogP contribution in [0.15, 0.2) is 70.9 Å². The van der Waals surface area contributed by atoms with Gasteiger partial charge in [-0.1, -0.05) is 48.2 Å². The minimum Gasteiger partial charge on any atom is -0.326 e. The standard InChI is InChI=1S/C20H17N5O4S/c26-18(22-15-8-10-16(11-9-15)25(28)29)13-17-19(27)23-20(30-17)24-21-12-4-7-14-5-2-1-3-6-14/h1-12,17H,13H2,(H,22,26)(H,23,24,27)/b7-4+,21-12-/t17-/m0/s1. The summed E-state index contributed by atoms with van der Waals surface area (Å²) >= 11 is 1.12. The van der Waals surface area contributed by atoms with Gasteiger partial charge in [-0.15, -0.1) is 5.10 Å². The van der Waals surface area contributed by atoms with Crippen LogP contribution >= 0.6 is 11.8 Å². The zero-order chi connectivity index (χ0) is 21.3. The third-order valence-corrected chi connectivity index (χ3v) is 4.97. The zero-order valence-corrected chi connectivity index (χ0v) is 16.4. The topological polar surface area (TPSA) is 126 Å². The molecule has 1 aliphatic rings. The van der Waals surface area contributed by atoms with Gasteiger partial charge in [-0.05, 0) is 23.8 Å². The molecule has 0 saturated carbocycles. The third kappa shape index (κ3) is 6.11. The Morgan fingerprint density at radius 3 is 2.63 bits per heavy atom. The second-order valence-electron chi connectivity index (χ2n) is 6.09. The largest absolute Gasteiger partial charge is 0.326 e. The average Bonchev–Trinajstić information content (AvgIpc) is 3.08. The van der Waals surface area contributed by atoms with E-state index in [0.29, 0.717) is 10.9 Å². The number of carbonyl (C=O) groups is 2. The molecule has 1 heterocycles. The maximum Gasteiger partial charge on any atom is 0.269 e. The minimum absolute atomic E-state index is 0.0653. The molecule has 0 bridgehead atoms. The van der Waals surface area contributed by atoms with E-state index in [1.165, 1.54) is 30.5 Å². The summed E-state index contributed by atoms with van der Waals surface area (Å²) in [5.41, 5.74) is 1.37. The lowest BCUT2D eigenvalue weighted by atomic mass is 10.2. The molecule has 10 heteroatoms. The van der Waals surface area contributed by atoms with Gasteiger partial charge >= 0.3 is 0 Å². The number of allylic oxidation sites excluding steroid dienone is 1. The summed E-state index contributed by atoms with van der Waals surface area (Å²) in [6, 6.07) is 15.2. The number of non-ortho nitro benzene ring substituents is 1. The van der Waals surface area contributed by atoms with Gasteiger partial charge in [0.05, 0.1) is 4.92 Å². The second-order valence-corrected chi connectivity index (χ2v) is 7.28. The number of rotatable bonds is 7. The summed E-state index contributed by atoms with van der Waals surface area (Å²) in [5.74, 6) is -0.709. The zero-order valence-electron chi connectivity index (χ0n) is 15.6. The highest BCUT2D eigenvalue weighted by molar-refractivity contribution is 8.15. The van der Waals surface area contributed by atoms with Crippen molar-refractivity contribution >= 4 is 52.4 Å². The SMILES string of the molecule is O=C(C[C@@H]1S\C(=N/N=C\C=C\c2ccccc2)NC1=O)Nc1ccc([N+](=O)[O-])cc1. The quantitative estimate of drug-likeness (QED) is 0.402. The first-order valence-corrected chi connectivity index (χ1v) is 9.74. The molecule has 0 aromatic heterocycles. The molecule has 2 N–H and O–H groups in total. The number of nitrogens with one attached hydrogen (secondary N) is 2. The Hall–Kier alpha value is -3.79. The monoisotopic (exact) mass is 423 g/mol. The van der Waals surface area contributed by atoms with Crippen molar-refractivity contribution in [2.24, 2.45) is 10.2 Å². The lowest BCUT2D eigenvalue weighted by Gasteiger charge is -2.07. The van der Waals surface area contributed by atoms with E-state index in [0.717, 1.165) is 17.3 Å². The van der Waals surface area contributed by atoms with Crippen LogP contribution < -0.4 is 10.6 Å². The molecule has 1 atom stereocenters. The predicted octanol–water partition coefficient (Wildman–Crippen LogP) is 3.21. The summed E-state index contributed by atoms with van der Waals surface area (Å²) in [5, 5.41) is 23.4. The second kappa shape index (κ2) is 10.1. The molecular weight excluding hydrogens is 406 g/mol. The van der Waals surface area contributed by atoms with Gasteiger partial charge in [-0.2, -0.15) is 5.10 Å². The van der Waals surface area contributed by atoms with E-state index in [-0.39, 0.29) is 23.9 Å². The molecular formula is C20H17N5O4S. The van der Waals surface area contributed by atoms with Crippen LogP contribution in [0.5, 0.6) is 0 Å². The van der Waals surface area contributed by atoms with Gasteiger partial charge in [-0.3, -0.25) is 19.7 Å². The first-order chi connectivity index (χ1) is 14.5. The van der Waals surface area contributed by atoms with Crippen molar-refractivity contribution < 1.29 is 14.5 Å². The number of nitro benzene ring substituents is 1. The molecule has 30 heavy (non-hydrogen) atoms. The molecule has 2 aromatic rings. The summed E-state index contributed by atoms with van der Waals surface area (Å²) in [7, 11) is 0. The lowest BCUT2D eigenvalue weighted by Crippen LogP contribution is -2.28. The highest BCUT2D eigenvalue weighted by Crippen LogP contribution is 2.23. The number of amidine groups is 1. The fourth-order valence-electron chi connectivity index (χ4n) is 2.48. The van der Waals surface area contributed by atoms with Gasteiger partial charge < -0.3 is 10.6 Å². The number of hydrogen-bond acceptors (Lipinski definition) is 7. The Morgan fingerprint density at radius 2 is 1.93 bits per heavy atom. The first-order valence-electron chi connectivity index (χ1n) is 8.86. The normalized spacial score (nSPS) is 17.5. The summed E-state index contributed by atoms with van der Waals surface area (Å²) in [4.78, 5) is 34.3. The van der Waals surface area contributed by atoms with E-state index in [4.69, 9.17) is 0 Å². The van der Waals surface area contributed by atoms with E-state index >= 15 is 0 Å². The molecule has 1 fully saturated rings. The minimum atomic E-state index is -0.628. The van der Waals surface area contributed by atoms with Gasteiger partial charge in [0.15, 0.2) is 5.17 Å². The number of thioether (sulfide) groups is 1. The molecule has 0 aliphatic carbocycles. The smallest absolute Gasteiger partial charge is 0.269 e. The van der Waals surface area contributed by atoms with Crippen LogP contribution in [0.1, 0.15) is 12.0 Å². The molecule has 0 unspecified atom stereocenters. The third-order valence-electron chi connectivity index (χ3n) is 3.90. The molecule has 152 valence electrons. The van der Waals surface area contributed by atoms with Gasteiger partial charge in [0.2, 0.25) is 11.8 Å². The molecule has 0 radical (unpaired) electrons. The molecule has 9 nitrogen and oxygen atoms in total.